The third-order valence-electron chi connectivity index (χ3n) is 1.48. The van der Waals surface area contributed by atoms with Crippen molar-refractivity contribution in [3.8, 4) is 0 Å². The minimum absolute atomic E-state index is 0.508. The van der Waals surface area contributed by atoms with Crippen LogP contribution in [0, 0.1) is 12.7 Å². The Balaban J connectivity index is 3.50. The standard InChI is InChI=1S/C7H5BrClFO2S/c1-4-2-6(10)7(3-5(4)8)13(9,11)12/h2-3H,1H3. The van der Waals surface area contributed by atoms with E-state index in [-0.39, 0.29) is 0 Å². The number of rotatable bonds is 1. The normalized spacial score (nSPS) is 11.7. The van der Waals surface area contributed by atoms with Gasteiger partial charge < -0.3 is 0 Å². The second-order valence-corrected chi connectivity index (χ2v) is 5.86. The molecule has 0 saturated heterocycles. The Labute approximate surface area is 88.3 Å². The molecule has 0 aromatic heterocycles. The molecular formula is C7H5BrClFO2S. The van der Waals surface area contributed by atoms with Gasteiger partial charge in [-0.1, -0.05) is 15.9 Å². The molecule has 0 bridgehead atoms. The lowest BCUT2D eigenvalue weighted by atomic mass is 10.2. The van der Waals surface area contributed by atoms with Crippen molar-refractivity contribution in [1.29, 1.82) is 0 Å². The minimum Gasteiger partial charge on any atom is -0.207 e. The van der Waals surface area contributed by atoms with Crippen molar-refractivity contribution in [3.05, 3.63) is 28.0 Å². The van der Waals surface area contributed by atoms with E-state index in [1.54, 1.807) is 6.92 Å². The van der Waals surface area contributed by atoms with Crippen LogP contribution in [0.15, 0.2) is 21.5 Å². The summed E-state index contributed by atoms with van der Waals surface area (Å²) in [6, 6.07) is 2.26. The quantitative estimate of drug-likeness (QED) is 0.744. The predicted molar refractivity (Wildman–Crippen MR) is 51.9 cm³/mol. The van der Waals surface area contributed by atoms with Gasteiger partial charge in [-0.05, 0) is 24.6 Å². The van der Waals surface area contributed by atoms with Crippen molar-refractivity contribution in [2.75, 3.05) is 0 Å². The fourth-order valence-electron chi connectivity index (χ4n) is 0.815. The number of aryl methyl sites for hydroxylation is 1. The lowest BCUT2D eigenvalue weighted by Gasteiger charge is -2.02. The van der Waals surface area contributed by atoms with Crippen LogP contribution in [0.4, 0.5) is 4.39 Å². The lowest BCUT2D eigenvalue weighted by molar-refractivity contribution is 0.574. The van der Waals surface area contributed by atoms with E-state index in [2.05, 4.69) is 15.9 Å². The van der Waals surface area contributed by atoms with Gasteiger partial charge >= 0.3 is 0 Å². The average Bonchev–Trinajstić information content (AvgIpc) is 1.94. The monoisotopic (exact) mass is 286 g/mol. The van der Waals surface area contributed by atoms with Crippen LogP contribution >= 0.6 is 26.6 Å². The van der Waals surface area contributed by atoms with Crippen molar-refractivity contribution in [3.63, 3.8) is 0 Å². The first kappa shape index (κ1) is 10.9. The van der Waals surface area contributed by atoms with Crippen LogP contribution in [0.25, 0.3) is 0 Å². The molecule has 6 heteroatoms. The van der Waals surface area contributed by atoms with Crippen molar-refractivity contribution in [2.45, 2.75) is 11.8 Å². The van der Waals surface area contributed by atoms with E-state index in [0.717, 1.165) is 12.1 Å². The summed E-state index contributed by atoms with van der Waals surface area (Å²) in [7, 11) is 0.994. The third kappa shape index (κ3) is 2.42. The first-order valence-electron chi connectivity index (χ1n) is 3.22. The van der Waals surface area contributed by atoms with E-state index in [4.69, 9.17) is 10.7 Å². The zero-order valence-corrected chi connectivity index (χ0v) is 9.67. The Morgan fingerprint density at radius 2 is 2.00 bits per heavy atom. The van der Waals surface area contributed by atoms with Gasteiger partial charge in [0.2, 0.25) is 0 Å². The highest BCUT2D eigenvalue weighted by Crippen LogP contribution is 2.25. The number of hydrogen-bond acceptors (Lipinski definition) is 2. The molecule has 0 heterocycles. The Kier molecular flexibility index (Phi) is 2.99. The number of benzene rings is 1. The van der Waals surface area contributed by atoms with Crippen LogP contribution in [-0.2, 0) is 9.05 Å². The largest absolute Gasteiger partial charge is 0.264 e. The van der Waals surface area contributed by atoms with E-state index in [1.807, 2.05) is 0 Å². The summed E-state index contributed by atoms with van der Waals surface area (Å²) in [6.45, 7) is 1.65. The Bertz CT molecular complexity index is 444. The maximum absolute atomic E-state index is 13.0. The molecule has 1 rings (SSSR count). The first-order valence-corrected chi connectivity index (χ1v) is 6.33. The molecule has 0 amide bonds. The molecule has 0 radical (unpaired) electrons. The van der Waals surface area contributed by atoms with Crippen LogP contribution < -0.4 is 0 Å². The van der Waals surface area contributed by atoms with E-state index in [1.165, 1.54) is 0 Å². The lowest BCUT2D eigenvalue weighted by Crippen LogP contribution is -1.96. The molecule has 0 unspecified atom stereocenters. The van der Waals surface area contributed by atoms with Crippen molar-refractivity contribution >= 4 is 35.7 Å². The van der Waals surface area contributed by atoms with Gasteiger partial charge in [0.05, 0.1) is 0 Å². The van der Waals surface area contributed by atoms with Gasteiger partial charge in [-0.25, -0.2) is 12.8 Å². The van der Waals surface area contributed by atoms with E-state index >= 15 is 0 Å². The van der Waals surface area contributed by atoms with Crippen molar-refractivity contribution < 1.29 is 12.8 Å². The second-order valence-electron chi connectivity index (χ2n) is 2.47. The molecule has 72 valence electrons. The van der Waals surface area contributed by atoms with E-state index in [9.17, 15) is 12.8 Å². The maximum atomic E-state index is 13.0. The summed E-state index contributed by atoms with van der Waals surface area (Å²) in [5, 5.41) is 0. The molecule has 13 heavy (non-hydrogen) atoms. The first-order chi connectivity index (χ1) is 5.82. The molecule has 0 aliphatic heterocycles. The highest BCUT2D eigenvalue weighted by Gasteiger charge is 2.17. The molecule has 0 aliphatic rings. The van der Waals surface area contributed by atoms with Crippen molar-refractivity contribution in [2.24, 2.45) is 0 Å². The van der Waals surface area contributed by atoms with Gasteiger partial charge in [0.15, 0.2) is 0 Å². The summed E-state index contributed by atoms with van der Waals surface area (Å²) in [4.78, 5) is -0.508. The fourth-order valence-corrected chi connectivity index (χ4v) is 2.21. The van der Waals surface area contributed by atoms with E-state index < -0.39 is 19.8 Å². The van der Waals surface area contributed by atoms with Gasteiger partial charge in [-0.3, -0.25) is 0 Å². The zero-order chi connectivity index (χ0) is 10.2. The molecule has 0 fully saturated rings. The molecule has 0 aliphatic carbocycles. The Morgan fingerprint density at radius 1 is 1.46 bits per heavy atom. The average molecular weight is 288 g/mol. The maximum Gasteiger partial charge on any atom is 0.264 e. The minimum atomic E-state index is -4.01. The Hall–Kier alpha value is -0.130. The van der Waals surface area contributed by atoms with Gasteiger partial charge in [0.1, 0.15) is 10.7 Å². The van der Waals surface area contributed by atoms with Gasteiger partial charge in [-0.2, -0.15) is 0 Å². The SMILES string of the molecule is Cc1cc(F)c(S(=O)(=O)Cl)cc1Br. The van der Waals surface area contributed by atoms with Crippen LogP contribution in [0.2, 0.25) is 0 Å². The fraction of sp³-hybridized carbons (Fsp3) is 0.143. The summed E-state index contributed by atoms with van der Waals surface area (Å²) in [5.41, 5.74) is 0.613. The number of halogens is 3. The zero-order valence-electron chi connectivity index (χ0n) is 6.51. The topological polar surface area (TPSA) is 34.1 Å². The summed E-state index contributed by atoms with van der Waals surface area (Å²) in [6.07, 6.45) is 0. The molecule has 0 N–H and O–H groups in total. The van der Waals surface area contributed by atoms with Gasteiger partial charge in [-0.15, -0.1) is 0 Å². The molecule has 0 saturated carbocycles. The van der Waals surface area contributed by atoms with Gasteiger partial charge in [0, 0.05) is 15.2 Å². The molecule has 0 atom stereocenters. The smallest absolute Gasteiger partial charge is 0.207 e. The third-order valence-corrected chi connectivity index (χ3v) is 3.67. The second kappa shape index (κ2) is 3.55. The molecule has 1 aromatic carbocycles. The number of hydrogen-bond donors (Lipinski definition) is 0. The van der Waals surface area contributed by atoms with Crippen LogP contribution in [0.5, 0.6) is 0 Å². The predicted octanol–water partition coefficient (Wildman–Crippen LogP) is 2.82. The molecule has 1 aromatic rings. The van der Waals surface area contributed by atoms with Crippen LogP contribution in [-0.4, -0.2) is 8.42 Å². The highest BCUT2D eigenvalue weighted by atomic mass is 79.9. The summed E-state index contributed by atoms with van der Waals surface area (Å²) in [5.74, 6) is -0.837. The van der Waals surface area contributed by atoms with Crippen LogP contribution in [0.3, 0.4) is 0 Å². The molecule has 2 nitrogen and oxygen atoms in total. The van der Waals surface area contributed by atoms with Gasteiger partial charge in [0.25, 0.3) is 9.05 Å². The summed E-state index contributed by atoms with van der Waals surface area (Å²) >= 11 is 3.08. The Morgan fingerprint density at radius 3 is 2.46 bits per heavy atom. The van der Waals surface area contributed by atoms with Crippen molar-refractivity contribution in [1.82, 2.24) is 0 Å². The molecular weight excluding hydrogens is 282 g/mol. The highest BCUT2D eigenvalue weighted by molar-refractivity contribution is 9.10. The van der Waals surface area contributed by atoms with Crippen LogP contribution in [0.1, 0.15) is 5.56 Å². The molecule has 0 spiro atoms. The summed E-state index contributed by atoms with van der Waals surface area (Å²) < 4.78 is 35.2. The van der Waals surface area contributed by atoms with E-state index in [0.29, 0.717) is 10.0 Å².